The van der Waals surface area contributed by atoms with Gasteiger partial charge in [-0.1, -0.05) is 51.2 Å². The fraction of sp³-hybridized carbons (Fsp3) is 0.471. The number of aromatic nitrogens is 1. The number of pyridine rings is 1. The molecule has 0 spiro atoms. The maximum atomic E-state index is 5.98. The molecule has 0 amide bonds. The van der Waals surface area contributed by atoms with E-state index in [0.29, 0.717) is 5.69 Å². The molecule has 20 heavy (non-hydrogen) atoms. The molecule has 0 unspecified atom stereocenters. The van der Waals surface area contributed by atoms with Crippen molar-refractivity contribution in [1.82, 2.24) is 4.98 Å². The molecule has 0 saturated carbocycles. The summed E-state index contributed by atoms with van der Waals surface area (Å²) in [7, 11) is 0. The number of hydrogen-bond acceptors (Lipinski definition) is 3. The molecule has 2 rings (SSSR count). The largest absolute Gasteiger partial charge is 0.491 e. The van der Waals surface area contributed by atoms with Gasteiger partial charge in [-0.3, -0.25) is 4.98 Å². The van der Waals surface area contributed by atoms with Gasteiger partial charge in [0.2, 0.25) is 0 Å². The van der Waals surface area contributed by atoms with Crippen molar-refractivity contribution < 1.29 is 4.74 Å². The topological polar surface area (TPSA) is 48.1 Å². The first-order valence-corrected chi connectivity index (χ1v) is 7.59. The highest BCUT2D eigenvalue weighted by Gasteiger charge is 2.07. The van der Waals surface area contributed by atoms with Crippen LogP contribution >= 0.6 is 0 Å². The summed E-state index contributed by atoms with van der Waals surface area (Å²) in [5.74, 6) is 0.782. The van der Waals surface area contributed by atoms with Crippen LogP contribution in [0.2, 0.25) is 0 Å². The Labute approximate surface area is 121 Å². The number of hydrogen-bond donors (Lipinski definition) is 1. The summed E-state index contributed by atoms with van der Waals surface area (Å²) in [6.45, 7) is 2.96. The van der Waals surface area contributed by atoms with E-state index in [1.807, 2.05) is 24.3 Å². The molecule has 0 aliphatic rings. The Morgan fingerprint density at radius 1 is 1.05 bits per heavy atom. The zero-order valence-electron chi connectivity index (χ0n) is 12.3. The fourth-order valence-electron chi connectivity index (χ4n) is 2.35. The molecular formula is C17H24N2O. The van der Waals surface area contributed by atoms with Gasteiger partial charge in [0.15, 0.2) is 5.75 Å². The summed E-state index contributed by atoms with van der Waals surface area (Å²) in [5, 5.41) is 0.999. The van der Waals surface area contributed by atoms with E-state index in [1.165, 1.54) is 32.1 Å². The van der Waals surface area contributed by atoms with Gasteiger partial charge in [0.1, 0.15) is 0 Å². The maximum Gasteiger partial charge on any atom is 0.153 e. The summed E-state index contributed by atoms with van der Waals surface area (Å²) < 4.78 is 5.89. The number of anilines is 1. The number of rotatable bonds is 8. The molecule has 0 saturated heterocycles. The van der Waals surface area contributed by atoms with Crippen LogP contribution in [-0.4, -0.2) is 11.6 Å². The van der Waals surface area contributed by atoms with Gasteiger partial charge in [-0.25, -0.2) is 0 Å². The summed E-state index contributed by atoms with van der Waals surface area (Å²) in [6, 6.07) is 7.95. The van der Waals surface area contributed by atoms with Gasteiger partial charge in [-0.05, 0) is 18.6 Å². The fourth-order valence-corrected chi connectivity index (χ4v) is 2.35. The van der Waals surface area contributed by atoms with Crippen molar-refractivity contribution >= 4 is 16.6 Å². The zero-order valence-corrected chi connectivity index (χ0v) is 12.3. The Morgan fingerprint density at radius 3 is 2.65 bits per heavy atom. The third kappa shape index (κ3) is 3.86. The molecule has 108 valence electrons. The second kappa shape index (κ2) is 7.73. The van der Waals surface area contributed by atoms with E-state index in [0.717, 1.165) is 29.7 Å². The van der Waals surface area contributed by atoms with Crippen LogP contribution in [0.25, 0.3) is 10.9 Å². The van der Waals surface area contributed by atoms with Gasteiger partial charge in [-0.2, -0.15) is 0 Å². The lowest BCUT2D eigenvalue weighted by Crippen LogP contribution is -2.02. The second-order valence-electron chi connectivity index (χ2n) is 5.18. The minimum absolute atomic E-state index is 0.620. The summed E-state index contributed by atoms with van der Waals surface area (Å²) in [5.41, 5.74) is 7.53. The highest BCUT2D eigenvalue weighted by molar-refractivity contribution is 5.89. The van der Waals surface area contributed by atoms with Gasteiger partial charge >= 0.3 is 0 Å². The molecule has 0 fully saturated rings. The van der Waals surface area contributed by atoms with E-state index in [-0.39, 0.29) is 0 Å². The van der Waals surface area contributed by atoms with Crippen molar-refractivity contribution in [2.24, 2.45) is 0 Å². The Kier molecular flexibility index (Phi) is 5.66. The lowest BCUT2D eigenvalue weighted by Gasteiger charge is -2.11. The standard InChI is InChI=1S/C17H24N2O/c1-2-3-4-5-6-9-12-20-17-14-10-7-8-11-16(14)19-13-15(17)18/h7-8,10-11,13H,2-6,9,12,18H2,1H3. The third-order valence-corrected chi connectivity index (χ3v) is 3.50. The van der Waals surface area contributed by atoms with Crippen LogP contribution in [0.5, 0.6) is 5.75 Å². The molecule has 0 radical (unpaired) electrons. The molecular weight excluding hydrogens is 248 g/mol. The van der Waals surface area contributed by atoms with Crippen molar-refractivity contribution in [3.8, 4) is 5.75 Å². The van der Waals surface area contributed by atoms with Crippen LogP contribution in [0.1, 0.15) is 45.4 Å². The Bertz CT molecular complexity index is 540. The molecule has 3 heteroatoms. The molecule has 0 aliphatic heterocycles. The molecule has 0 atom stereocenters. The van der Waals surface area contributed by atoms with Crippen LogP contribution in [-0.2, 0) is 0 Å². The molecule has 2 aromatic rings. The predicted octanol–water partition coefficient (Wildman–Crippen LogP) is 4.56. The number of fused-ring (bicyclic) bond motifs is 1. The predicted molar refractivity (Wildman–Crippen MR) is 85.0 cm³/mol. The smallest absolute Gasteiger partial charge is 0.153 e. The first kappa shape index (κ1) is 14.6. The number of nitrogen functional groups attached to an aromatic ring is 1. The van der Waals surface area contributed by atoms with E-state index in [4.69, 9.17) is 10.5 Å². The molecule has 0 aliphatic carbocycles. The number of unbranched alkanes of at least 4 members (excludes halogenated alkanes) is 5. The lowest BCUT2D eigenvalue weighted by atomic mass is 10.1. The molecule has 2 N–H and O–H groups in total. The Morgan fingerprint density at radius 2 is 1.80 bits per heavy atom. The van der Waals surface area contributed by atoms with E-state index < -0.39 is 0 Å². The van der Waals surface area contributed by atoms with Gasteiger partial charge in [0, 0.05) is 5.39 Å². The van der Waals surface area contributed by atoms with Crippen molar-refractivity contribution in [3.05, 3.63) is 30.5 Å². The van der Waals surface area contributed by atoms with Crippen LogP contribution < -0.4 is 10.5 Å². The minimum Gasteiger partial charge on any atom is -0.491 e. The quantitative estimate of drug-likeness (QED) is 0.717. The third-order valence-electron chi connectivity index (χ3n) is 3.50. The Hall–Kier alpha value is -1.77. The number of para-hydroxylation sites is 1. The van der Waals surface area contributed by atoms with Gasteiger partial charge in [-0.15, -0.1) is 0 Å². The summed E-state index contributed by atoms with van der Waals surface area (Å²) in [6.07, 6.45) is 9.24. The van der Waals surface area contributed by atoms with Crippen LogP contribution in [0.4, 0.5) is 5.69 Å². The van der Waals surface area contributed by atoms with Crippen LogP contribution in [0.3, 0.4) is 0 Å². The molecule has 3 nitrogen and oxygen atoms in total. The first-order valence-electron chi connectivity index (χ1n) is 7.59. The van der Waals surface area contributed by atoms with E-state index >= 15 is 0 Å². The van der Waals surface area contributed by atoms with Gasteiger partial charge in [0.05, 0.1) is 24.0 Å². The number of nitrogens with zero attached hydrogens (tertiary/aromatic N) is 1. The highest BCUT2D eigenvalue weighted by Crippen LogP contribution is 2.30. The average molecular weight is 272 g/mol. The van der Waals surface area contributed by atoms with E-state index in [2.05, 4.69) is 11.9 Å². The van der Waals surface area contributed by atoms with Crippen LogP contribution in [0, 0.1) is 0 Å². The average Bonchev–Trinajstić information content (AvgIpc) is 2.48. The summed E-state index contributed by atoms with van der Waals surface area (Å²) >= 11 is 0. The minimum atomic E-state index is 0.620. The van der Waals surface area contributed by atoms with Crippen molar-refractivity contribution in [2.45, 2.75) is 45.4 Å². The monoisotopic (exact) mass is 272 g/mol. The molecule has 1 aromatic heterocycles. The second-order valence-corrected chi connectivity index (χ2v) is 5.18. The molecule has 1 aromatic carbocycles. The van der Waals surface area contributed by atoms with Gasteiger partial charge < -0.3 is 10.5 Å². The van der Waals surface area contributed by atoms with Crippen molar-refractivity contribution in [3.63, 3.8) is 0 Å². The van der Waals surface area contributed by atoms with E-state index in [9.17, 15) is 0 Å². The normalized spacial score (nSPS) is 10.8. The first-order chi connectivity index (χ1) is 9.83. The SMILES string of the molecule is CCCCCCCCOc1c(N)cnc2ccccc12. The number of ether oxygens (including phenoxy) is 1. The maximum absolute atomic E-state index is 5.98. The van der Waals surface area contributed by atoms with Crippen molar-refractivity contribution in [1.29, 1.82) is 0 Å². The zero-order chi connectivity index (χ0) is 14.2. The number of benzene rings is 1. The summed E-state index contributed by atoms with van der Waals surface area (Å²) in [4.78, 5) is 4.31. The Balaban J connectivity index is 1.88. The lowest BCUT2D eigenvalue weighted by molar-refractivity contribution is 0.309. The van der Waals surface area contributed by atoms with Gasteiger partial charge in [0.25, 0.3) is 0 Å². The molecule has 0 bridgehead atoms. The van der Waals surface area contributed by atoms with Crippen molar-refractivity contribution in [2.75, 3.05) is 12.3 Å². The van der Waals surface area contributed by atoms with E-state index in [1.54, 1.807) is 6.20 Å². The highest BCUT2D eigenvalue weighted by atomic mass is 16.5. The van der Waals surface area contributed by atoms with Crippen LogP contribution in [0.15, 0.2) is 30.5 Å². The molecule has 1 heterocycles. The number of nitrogens with two attached hydrogens (primary N) is 1.